The zero-order chi connectivity index (χ0) is 15.4. The Bertz CT molecular complexity index is 671. The molecule has 1 aromatic rings. The van der Waals surface area contributed by atoms with Gasteiger partial charge in [-0.1, -0.05) is 0 Å². The van der Waals surface area contributed by atoms with E-state index in [1.54, 1.807) is 0 Å². The molecule has 114 valence electrons. The van der Waals surface area contributed by atoms with Crippen LogP contribution in [0.1, 0.15) is 36.0 Å². The quantitative estimate of drug-likeness (QED) is 0.622. The predicted octanol–water partition coefficient (Wildman–Crippen LogP) is 2.64. The van der Waals surface area contributed by atoms with Crippen molar-refractivity contribution in [1.82, 2.24) is 0 Å². The maximum absolute atomic E-state index is 13.2. The molecule has 1 aromatic carbocycles. The van der Waals surface area contributed by atoms with E-state index in [1.807, 2.05) is 0 Å². The van der Waals surface area contributed by atoms with Gasteiger partial charge in [-0.25, -0.2) is 21.6 Å². The van der Waals surface area contributed by atoms with Gasteiger partial charge in [0, 0.05) is 11.5 Å². The van der Waals surface area contributed by atoms with Crippen LogP contribution in [0.2, 0.25) is 0 Å². The number of rotatable bonds is 2. The molecule has 2 heterocycles. The Kier molecular flexibility index (Phi) is 3.35. The number of sulfone groups is 1. The molecule has 0 amide bonds. The highest BCUT2D eigenvalue weighted by molar-refractivity contribution is 7.93. The van der Waals surface area contributed by atoms with Gasteiger partial charge in [-0.3, -0.25) is 4.79 Å². The van der Waals surface area contributed by atoms with Crippen molar-refractivity contribution in [1.29, 1.82) is 0 Å². The Hall–Kier alpha value is -1.37. The Labute approximate surface area is 120 Å². The van der Waals surface area contributed by atoms with Crippen LogP contribution < -0.4 is 0 Å². The van der Waals surface area contributed by atoms with Gasteiger partial charge in [0.05, 0.1) is 10.5 Å². The SMILES string of the molecule is O=C(c1cc(F)c(F)c(F)c1)C1CC2CCC(C1)S2(=O)=O. The zero-order valence-corrected chi connectivity index (χ0v) is 11.8. The molecular weight excluding hydrogens is 305 g/mol. The molecule has 21 heavy (non-hydrogen) atoms. The van der Waals surface area contributed by atoms with Gasteiger partial charge in [-0.2, -0.15) is 0 Å². The number of hydrogen-bond acceptors (Lipinski definition) is 3. The van der Waals surface area contributed by atoms with Crippen LogP contribution in [0, 0.1) is 23.4 Å². The number of fused-ring (bicyclic) bond motifs is 2. The minimum Gasteiger partial charge on any atom is -0.294 e. The maximum Gasteiger partial charge on any atom is 0.194 e. The number of benzene rings is 1. The number of ketones is 1. The van der Waals surface area contributed by atoms with Crippen LogP contribution in [0.25, 0.3) is 0 Å². The summed E-state index contributed by atoms with van der Waals surface area (Å²) in [7, 11) is -3.16. The maximum atomic E-state index is 13.2. The first-order chi connectivity index (χ1) is 9.80. The van der Waals surface area contributed by atoms with Gasteiger partial charge in [0.1, 0.15) is 0 Å². The van der Waals surface area contributed by atoms with Crippen LogP contribution >= 0.6 is 0 Å². The highest BCUT2D eigenvalue weighted by Crippen LogP contribution is 2.42. The third kappa shape index (κ3) is 2.27. The summed E-state index contributed by atoms with van der Waals surface area (Å²) < 4.78 is 63.2. The van der Waals surface area contributed by atoms with E-state index in [-0.39, 0.29) is 18.4 Å². The van der Waals surface area contributed by atoms with E-state index in [1.165, 1.54) is 0 Å². The fourth-order valence-electron chi connectivity index (χ4n) is 3.35. The molecule has 0 aromatic heterocycles. The lowest BCUT2D eigenvalue weighted by atomic mass is 9.90. The van der Waals surface area contributed by atoms with Crippen molar-refractivity contribution < 1.29 is 26.4 Å². The lowest BCUT2D eigenvalue weighted by Gasteiger charge is -2.27. The largest absolute Gasteiger partial charge is 0.294 e. The topological polar surface area (TPSA) is 51.2 Å². The van der Waals surface area contributed by atoms with E-state index in [2.05, 4.69) is 0 Å². The minimum atomic E-state index is -3.16. The second kappa shape index (κ2) is 4.83. The molecule has 2 atom stereocenters. The first kappa shape index (κ1) is 14.6. The molecule has 3 rings (SSSR count). The molecule has 2 aliphatic rings. The van der Waals surface area contributed by atoms with Crippen LogP contribution in [-0.2, 0) is 9.84 Å². The summed E-state index contributed by atoms with van der Waals surface area (Å²) in [6.07, 6.45) is 1.42. The van der Waals surface area contributed by atoms with Gasteiger partial charge in [-0.05, 0) is 37.8 Å². The fourth-order valence-corrected chi connectivity index (χ4v) is 5.83. The first-order valence-electron chi connectivity index (χ1n) is 6.72. The van der Waals surface area contributed by atoms with E-state index in [0.29, 0.717) is 25.0 Å². The second-order valence-corrected chi connectivity index (χ2v) is 8.21. The van der Waals surface area contributed by atoms with Gasteiger partial charge in [-0.15, -0.1) is 0 Å². The van der Waals surface area contributed by atoms with Crippen molar-refractivity contribution in [2.24, 2.45) is 5.92 Å². The number of Topliss-reactive ketones (excluding diaryl/α,β-unsaturated/α-hetero) is 1. The number of hydrogen-bond donors (Lipinski definition) is 0. The molecule has 3 nitrogen and oxygen atoms in total. The van der Waals surface area contributed by atoms with Crippen LogP contribution in [0.15, 0.2) is 12.1 Å². The van der Waals surface area contributed by atoms with Crippen LogP contribution in [0.5, 0.6) is 0 Å². The molecule has 2 aliphatic heterocycles. The van der Waals surface area contributed by atoms with Crippen LogP contribution in [-0.4, -0.2) is 24.7 Å². The van der Waals surface area contributed by atoms with Gasteiger partial charge >= 0.3 is 0 Å². The van der Waals surface area contributed by atoms with Crippen molar-refractivity contribution in [3.05, 3.63) is 35.1 Å². The van der Waals surface area contributed by atoms with E-state index >= 15 is 0 Å². The Morgan fingerprint density at radius 3 is 1.95 bits per heavy atom. The first-order valence-corrected chi connectivity index (χ1v) is 8.33. The Morgan fingerprint density at radius 2 is 1.48 bits per heavy atom. The van der Waals surface area contributed by atoms with Gasteiger partial charge < -0.3 is 0 Å². The molecule has 2 saturated heterocycles. The standard InChI is InChI=1S/C14H13F3O3S/c15-11-5-8(6-12(16)13(11)17)14(18)7-3-9-1-2-10(4-7)21(9,19)20/h5-7,9-10H,1-4H2. The van der Waals surface area contributed by atoms with E-state index < -0.39 is 49.5 Å². The Balaban J connectivity index is 1.88. The highest BCUT2D eigenvalue weighted by Gasteiger charge is 2.48. The molecule has 0 saturated carbocycles. The smallest absolute Gasteiger partial charge is 0.194 e. The third-order valence-corrected chi connectivity index (χ3v) is 7.19. The van der Waals surface area contributed by atoms with Crippen molar-refractivity contribution in [3.8, 4) is 0 Å². The summed E-state index contributed by atoms with van der Waals surface area (Å²) in [4.78, 5) is 12.3. The molecule has 0 N–H and O–H groups in total. The normalized spacial score (nSPS) is 30.3. The van der Waals surface area contributed by atoms with E-state index in [9.17, 15) is 26.4 Å². The van der Waals surface area contributed by atoms with E-state index in [0.717, 1.165) is 0 Å². The molecule has 2 fully saturated rings. The van der Waals surface area contributed by atoms with Crippen LogP contribution in [0.3, 0.4) is 0 Å². The number of halogens is 3. The van der Waals surface area contributed by atoms with Crippen molar-refractivity contribution >= 4 is 15.6 Å². The average Bonchev–Trinajstić information content (AvgIpc) is 2.63. The van der Waals surface area contributed by atoms with E-state index in [4.69, 9.17) is 0 Å². The summed E-state index contributed by atoms with van der Waals surface area (Å²) in [5.41, 5.74) is -0.241. The summed E-state index contributed by atoms with van der Waals surface area (Å²) in [5.74, 6) is -5.53. The fraction of sp³-hybridized carbons (Fsp3) is 0.500. The van der Waals surface area contributed by atoms with Crippen molar-refractivity contribution in [3.63, 3.8) is 0 Å². The molecule has 0 spiro atoms. The van der Waals surface area contributed by atoms with Gasteiger partial charge in [0.2, 0.25) is 0 Å². The molecule has 0 radical (unpaired) electrons. The monoisotopic (exact) mass is 318 g/mol. The number of carbonyl (C=O) groups excluding carboxylic acids is 1. The average molecular weight is 318 g/mol. The Morgan fingerprint density at radius 1 is 1.00 bits per heavy atom. The molecule has 2 bridgehead atoms. The van der Waals surface area contributed by atoms with Crippen molar-refractivity contribution in [2.45, 2.75) is 36.2 Å². The lowest BCUT2D eigenvalue weighted by Crippen LogP contribution is -2.36. The molecule has 7 heteroatoms. The summed E-state index contributed by atoms with van der Waals surface area (Å²) in [5, 5.41) is -1.08. The number of carbonyl (C=O) groups is 1. The summed E-state index contributed by atoms with van der Waals surface area (Å²) >= 11 is 0. The predicted molar refractivity (Wildman–Crippen MR) is 69.1 cm³/mol. The third-order valence-electron chi connectivity index (χ3n) is 4.47. The minimum absolute atomic E-state index is 0.179. The summed E-state index contributed by atoms with van der Waals surface area (Å²) in [6.45, 7) is 0. The molecule has 2 unspecified atom stereocenters. The van der Waals surface area contributed by atoms with Crippen LogP contribution in [0.4, 0.5) is 13.2 Å². The van der Waals surface area contributed by atoms with Gasteiger partial charge in [0.15, 0.2) is 33.1 Å². The highest BCUT2D eigenvalue weighted by atomic mass is 32.2. The zero-order valence-electron chi connectivity index (χ0n) is 11.0. The molecule has 0 aliphatic carbocycles. The van der Waals surface area contributed by atoms with Gasteiger partial charge in [0.25, 0.3) is 0 Å². The lowest BCUT2D eigenvalue weighted by molar-refractivity contribution is 0.0904. The van der Waals surface area contributed by atoms with Crippen molar-refractivity contribution in [2.75, 3.05) is 0 Å². The molecular formula is C14H13F3O3S. The second-order valence-electron chi connectivity index (χ2n) is 5.70. The summed E-state index contributed by atoms with van der Waals surface area (Å²) in [6, 6.07) is 1.34.